The van der Waals surface area contributed by atoms with Crippen LogP contribution in [0.4, 0.5) is 17.6 Å². The van der Waals surface area contributed by atoms with E-state index in [9.17, 15) is 8.42 Å². The molecule has 0 saturated carbocycles. The minimum absolute atomic E-state index is 0.140. The molecular weight excluding hydrogens is 438 g/mol. The van der Waals surface area contributed by atoms with E-state index in [4.69, 9.17) is 5.73 Å². The lowest BCUT2D eigenvalue weighted by Gasteiger charge is -2.37. The highest BCUT2D eigenvalue weighted by atomic mass is 32.2. The first-order valence-electron chi connectivity index (χ1n) is 10.9. The van der Waals surface area contributed by atoms with Crippen LogP contribution < -0.4 is 11.1 Å². The standard InChI is InChI=1S/C23H29N7O2S/c1-16-9-10-20(17(2)15-16)33(31,32)30-13-11-29(12-14-30)18(3)21-26-22(24)28-23(27-21)25-19-7-5-4-6-8-19/h4-10,15,18H,11-14H2,1-3H3,(H3,24,25,26,27,28). The summed E-state index contributed by atoms with van der Waals surface area (Å²) in [7, 11) is -3.54. The summed E-state index contributed by atoms with van der Waals surface area (Å²) in [5.41, 5.74) is 8.61. The summed E-state index contributed by atoms with van der Waals surface area (Å²) < 4.78 is 27.9. The van der Waals surface area contributed by atoms with Crippen molar-refractivity contribution in [3.63, 3.8) is 0 Å². The topological polar surface area (TPSA) is 117 Å². The Morgan fingerprint density at radius 1 is 0.970 bits per heavy atom. The van der Waals surface area contributed by atoms with Gasteiger partial charge in [0.15, 0.2) is 5.82 Å². The second-order valence-electron chi connectivity index (χ2n) is 8.25. The average Bonchev–Trinajstić information content (AvgIpc) is 2.78. The molecule has 10 heteroatoms. The quantitative estimate of drug-likeness (QED) is 0.568. The molecule has 3 aromatic rings. The number of nitrogens with two attached hydrogens (primary N) is 1. The maximum atomic E-state index is 13.2. The minimum Gasteiger partial charge on any atom is -0.368 e. The highest BCUT2D eigenvalue weighted by Gasteiger charge is 2.32. The Hall–Kier alpha value is -3.08. The van der Waals surface area contributed by atoms with Crippen molar-refractivity contribution in [2.45, 2.75) is 31.7 Å². The van der Waals surface area contributed by atoms with Gasteiger partial charge >= 0.3 is 0 Å². The predicted octanol–water partition coefficient (Wildman–Crippen LogP) is 2.88. The van der Waals surface area contributed by atoms with E-state index >= 15 is 0 Å². The van der Waals surface area contributed by atoms with E-state index in [-0.39, 0.29) is 12.0 Å². The van der Waals surface area contributed by atoms with Gasteiger partial charge in [-0.3, -0.25) is 4.90 Å². The summed E-state index contributed by atoms with van der Waals surface area (Å²) in [6.07, 6.45) is 0. The molecule has 1 aromatic heterocycles. The molecule has 1 fully saturated rings. The lowest BCUT2D eigenvalue weighted by Crippen LogP contribution is -2.49. The Bertz CT molecular complexity index is 1230. The third-order valence-corrected chi connectivity index (χ3v) is 7.90. The number of nitrogen functional groups attached to an aromatic ring is 1. The van der Waals surface area contributed by atoms with Crippen LogP contribution in [0.15, 0.2) is 53.4 Å². The molecule has 0 spiro atoms. The number of hydrogen-bond acceptors (Lipinski definition) is 8. The minimum atomic E-state index is -3.54. The monoisotopic (exact) mass is 467 g/mol. The van der Waals surface area contributed by atoms with Crippen LogP contribution in [0.5, 0.6) is 0 Å². The number of anilines is 3. The van der Waals surface area contributed by atoms with Crippen LogP contribution in [0.25, 0.3) is 0 Å². The SMILES string of the molecule is Cc1ccc(S(=O)(=O)N2CCN(C(C)c3nc(N)nc(Nc4ccccc4)n3)CC2)c(C)c1. The summed E-state index contributed by atoms with van der Waals surface area (Å²) in [6.45, 7) is 7.72. The summed E-state index contributed by atoms with van der Waals surface area (Å²) in [6, 6.07) is 14.9. The first-order chi connectivity index (χ1) is 15.7. The number of benzene rings is 2. The molecule has 1 unspecified atom stereocenters. The first kappa shape index (κ1) is 23.1. The van der Waals surface area contributed by atoms with E-state index in [0.717, 1.165) is 16.8 Å². The van der Waals surface area contributed by atoms with Crippen LogP contribution >= 0.6 is 0 Å². The normalized spacial score (nSPS) is 16.5. The predicted molar refractivity (Wildman–Crippen MR) is 129 cm³/mol. The number of hydrogen-bond donors (Lipinski definition) is 2. The molecule has 0 bridgehead atoms. The van der Waals surface area contributed by atoms with E-state index in [1.807, 2.05) is 63.2 Å². The number of para-hydroxylation sites is 1. The molecule has 1 aliphatic heterocycles. The number of piperazine rings is 1. The second kappa shape index (κ2) is 9.42. The van der Waals surface area contributed by atoms with Crippen LogP contribution in [0.2, 0.25) is 0 Å². The second-order valence-corrected chi connectivity index (χ2v) is 10.2. The van der Waals surface area contributed by atoms with Crippen molar-refractivity contribution in [2.24, 2.45) is 0 Å². The van der Waals surface area contributed by atoms with Crippen LogP contribution in [-0.2, 0) is 10.0 Å². The Labute approximate surface area is 194 Å². The van der Waals surface area contributed by atoms with Gasteiger partial charge in [-0.1, -0.05) is 35.9 Å². The van der Waals surface area contributed by atoms with Crippen LogP contribution in [-0.4, -0.2) is 58.8 Å². The van der Waals surface area contributed by atoms with E-state index in [1.165, 1.54) is 0 Å². The zero-order chi connectivity index (χ0) is 23.6. The molecule has 1 atom stereocenters. The summed E-state index contributed by atoms with van der Waals surface area (Å²) in [4.78, 5) is 15.6. The fraction of sp³-hybridized carbons (Fsp3) is 0.348. The maximum Gasteiger partial charge on any atom is 0.243 e. The smallest absolute Gasteiger partial charge is 0.243 e. The number of nitrogens with zero attached hydrogens (tertiary/aromatic N) is 5. The van der Waals surface area contributed by atoms with Crippen molar-refractivity contribution in [2.75, 3.05) is 37.2 Å². The maximum absolute atomic E-state index is 13.2. The summed E-state index contributed by atoms with van der Waals surface area (Å²) in [5.74, 6) is 1.07. The molecule has 174 valence electrons. The van der Waals surface area contributed by atoms with Crippen LogP contribution in [0.3, 0.4) is 0 Å². The molecule has 2 heterocycles. The van der Waals surface area contributed by atoms with Crippen LogP contribution in [0.1, 0.15) is 29.9 Å². The summed E-state index contributed by atoms with van der Waals surface area (Å²) >= 11 is 0. The number of nitrogens with one attached hydrogen (secondary N) is 1. The van der Waals surface area contributed by atoms with Crippen molar-refractivity contribution in [1.29, 1.82) is 0 Å². The van der Waals surface area contributed by atoms with Gasteiger partial charge < -0.3 is 11.1 Å². The molecule has 4 rings (SSSR count). The van der Waals surface area contributed by atoms with Crippen molar-refractivity contribution < 1.29 is 8.42 Å². The van der Waals surface area contributed by atoms with Gasteiger partial charge in [-0.05, 0) is 44.5 Å². The fourth-order valence-electron chi connectivity index (χ4n) is 4.03. The lowest BCUT2D eigenvalue weighted by molar-refractivity contribution is 0.141. The average molecular weight is 468 g/mol. The first-order valence-corrected chi connectivity index (χ1v) is 12.3. The Kier molecular flexibility index (Phi) is 6.59. The molecule has 0 amide bonds. The third kappa shape index (κ3) is 5.13. The Morgan fingerprint density at radius 2 is 1.67 bits per heavy atom. The van der Waals surface area contributed by atoms with E-state index in [0.29, 0.717) is 42.8 Å². The largest absolute Gasteiger partial charge is 0.368 e. The van der Waals surface area contributed by atoms with Gasteiger partial charge in [-0.15, -0.1) is 0 Å². The molecule has 0 radical (unpaired) electrons. The van der Waals surface area contributed by atoms with Gasteiger partial charge in [0.1, 0.15) is 0 Å². The van der Waals surface area contributed by atoms with Gasteiger partial charge in [0.25, 0.3) is 0 Å². The number of sulfonamides is 1. The molecule has 2 aromatic carbocycles. The van der Waals surface area contributed by atoms with Crippen molar-refractivity contribution in [3.05, 3.63) is 65.5 Å². The van der Waals surface area contributed by atoms with Crippen molar-refractivity contribution >= 4 is 27.6 Å². The van der Waals surface area contributed by atoms with E-state index < -0.39 is 10.0 Å². The molecule has 33 heavy (non-hydrogen) atoms. The van der Waals surface area contributed by atoms with Gasteiger partial charge in [-0.25, -0.2) is 8.42 Å². The Balaban J connectivity index is 1.45. The molecule has 3 N–H and O–H groups in total. The van der Waals surface area contributed by atoms with Gasteiger partial charge in [0, 0.05) is 31.9 Å². The Morgan fingerprint density at radius 3 is 2.33 bits per heavy atom. The zero-order valence-corrected chi connectivity index (χ0v) is 19.9. The highest BCUT2D eigenvalue weighted by molar-refractivity contribution is 7.89. The summed E-state index contributed by atoms with van der Waals surface area (Å²) in [5, 5.41) is 3.15. The number of rotatable bonds is 6. The lowest BCUT2D eigenvalue weighted by atomic mass is 10.2. The number of aryl methyl sites for hydroxylation is 2. The van der Waals surface area contributed by atoms with Gasteiger partial charge in [0.05, 0.1) is 10.9 Å². The number of aromatic nitrogens is 3. The highest BCUT2D eigenvalue weighted by Crippen LogP contribution is 2.25. The molecule has 1 saturated heterocycles. The molecule has 0 aliphatic carbocycles. The van der Waals surface area contributed by atoms with Crippen molar-refractivity contribution in [3.8, 4) is 0 Å². The van der Waals surface area contributed by atoms with Crippen LogP contribution in [0, 0.1) is 13.8 Å². The van der Waals surface area contributed by atoms with Gasteiger partial charge in [-0.2, -0.15) is 19.3 Å². The van der Waals surface area contributed by atoms with E-state index in [2.05, 4.69) is 25.2 Å². The van der Waals surface area contributed by atoms with Crippen molar-refractivity contribution in [1.82, 2.24) is 24.2 Å². The molecule has 9 nitrogen and oxygen atoms in total. The zero-order valence-electron chi connectivity index (χ0n) is 19.1. The fourth-order valence-corrected chi connectivity index (χ4v) is 5.65. The molecular formula is C23H29N7O2S. The van der Waals surface area contributed by atoms with Gasteiger partial charge in [0.2, 0.25) is 21.9 Å². The molecule has 1 aliphatic rings. The third-order valence-electron chi connectivity index (χ3n) is 5.84. The van der Waals surface area contributed by atoms with E-state index in [1.54, 1.807) is 10.4 Å².